The Bertz CT molecular complexity index is 754. The molecule has 3 rings (SSSR count). The lowest BCUT2D eigenvalue weighted by atomic mass is 9.98. The summed E-state index contributed by atoms with van der Waals surface area (Å²) in [5.41, 5.74) is 0.254. The van der Waals surface area contributed by atoms with Crippen molar-refractivity contribution in [3.05, 3.63) is 47.6 Å². The summed E-state index contributed by atoms with van der Waals surface area (Å²) in [5.74, 6) is 0.190. The smallest absolute Gasteiger partial charge is 0.276 e. The highest BCUT2D eigenvalue weighted by atomic mass is 19.1. The van der Waals surface area contributed by atoms with E-state index < -0.39 is 0 Å². The Morgan fingerprint density at radius 2 is 2.08 bits per heavy atom. The summed E-state index contributed by atoms with van der Waals surface area (Å²) in [4.78, 5) is 25.6. The zero-order valence-corrected chi connectivity index (χ0v) is 13.7. The highest BCUT2D eigenvalue weighted by molar-refractivity contribution is 5.94. The number of aromatic nitrogens is 1. The van der Waals surface area contributed by atoms with Crippen LogP contribution in [-0.4, -0.2) is 48.1 Å². The van der Waals surface area contributed by atoms with Crippen molar-refractivity contribution in [3.8, 4) is 5.75 Å². The fourth-order valence-corrected chi connectivity index (χ4v) is 2.46. The zero-order chi connectivity index (χ0) is 17.8. The molecule has 1 aromatic carbocycles. The van der Waals surface area contributed by atoms with Crippen LogP contribution in [0.2, 0.25) is 0 Å². The molecule has 1 aliphatic heterocycles. The highest BCUT2D eigenvalue weighted by Crippen LogP contribution is 2.19. The summed E-state index contributed by atoms with van der Waals surface area (Å²) in [6, 6.07) is 7.24. The van der Waals surface area contributed by atoms with Crippen molar-refractivity contribution in [2.45, 2.75) is 6.92 Å². The van der Waals surface area contributed by atoms with Gasteiger partial charge in [-0.05, 0) is 31.2 Å². The van der Waals surface area contributed by atoms with Gasteiger partial charge >= 0.3 is 0 Å². The molecule has 0 unspecified atom stereocenters. The van der Waals surface area contributed by atoms with Crippen molar-refractivity contribution < 1.29 is 23.2 Å². The summed E-state index contributed by atoms with van der Waals surface area (Å²) in [5, 5.41) is 6.44. The van der Waals surface area contributed by atoms with E-state index in [2.05, 4.69) is 10.5 Å². The molecule has 0 bridgehead atoms. The average Bonchev–Trinajstić information content (AvgIpc) is 2.98. The molecule has 1 fully saturated rings. The summed E-state index contributed by atoms with van der Waals surface area (Å²) in [6.07, 6.45) is 0. The van der Waals surface area contributed by atoms with Crippen molar-refractivity contribution in [3.63, 3.8) is 0 Å². The SMILES string of the molecule is Cc1cc(C(=O)N2CC(C(=O)NCCOc3ccc(F)cc3)C2)no1. The highest BCUT2D eigenvalue weighted by Gasteiger charge is 2.36. The molecular formula is C17H18FN3O4. The van der Waals surface area contributed by atoms with Crippen LogP contribution >= 0.6 is 0 Å². The fraction of sp³-hybridized carbons (Fsp3) is 0.353. The first-order valence-electron chi connectivity index (χ1n) is 7.91. The van der Waals surface area contributed by atoms with Crippen molar-refractivity contribution in [1.82, 2.24) is 15.4 Å². The lowest BCUT2D eigenvalue weighted by Gasteiger charge is -2.37. The lowest BCUT2D eigenvalue weighted by Crippen LogP contribution is -2.56. The Hall–Kier alpha value is -2.90. The molecule has 0 radical (unpaired) electrons. The maximum absolute atomic E-state index is 12.8. The molecule has 8 heteroatoms. The summed E-state index contributed by atoms with van der Waals surface area (Å²) >= 11 is 0. The van der Waals surface area contributed by atoms with E-state index in [9.17, 15) is 14.0 Å². The number of benzene rings is 1. The number of rotatable bonds is 6. The van der Waals surface area contributed by atoms with Gasteiger partial charge in [0.15, 0.2) is 5.69 Å². The monoisotopic (exact) mass is 347 g/mol. The van der Waals surface area contributed by atoms with Crippen LogP contribution in [0.3, 0.4) is 0 Å². The topological polar surface area (TPSA) is 84.7 Å². The molecule has 25 heavy (non-hydrogen) atoms. The summed E-state index contributed by atoms with van der Waals surface area (Å²) in [6.45, 7) is 3.04. The van der Waals surface area contributed by atoms with Gasteiger partial charge in [0, 0.05) is 19.2 Å². The fourth-order valence-electron chi connectivity index (χ4n) is 2.46. The maximum atomic E-state index is 12.8. The van der Waals surface area contributed by atoms with Crippen LogP contribution in [0.5, 0.6) is 5.75 Å². The molecule has 1 N–H and O–H groups in total. The first-order chi connectivity index (χ1) is 12.0. The van der Waals surface area contributed by atoms with Gasteiger partial charge in [0.25, 0.3) is 5.91 Å². The number of amides is 2. The number of ether oxygens (including phenoxy) is 1. The van der Waals surface area contributed by atoms with Crippen LogP contribution in [0.15, 0.2) is 34.9 Å². The Kier molecular flexibility index (Phi) is 4.97. The van der Waals surface area contributed by atoms with Gasteiger partial charge in [0.2, 0.25) is 5.91 Å². The molecule has 7 nitrogen and oxygen atoms in total. The molecule has 1 aliphatic rings. The normalized spacial score (nSPS) is 14.1. The van der Waals surface area contributed by atoms with E-state index in [-0.39, 0.29) is 35.9 Å². The number of aryl methyl sites for hydroxylation is 1. The summed E-state index contributed by atoms with van der Waals surface area (Å²) in [7, 11) is 0. The second-order valence-electron chi connectivity index (χ2n) is 5.82. The minimum absolute atomic E-state index is 0.122. The largest absolute Gasteiger partial charge is 0.492 e. The van der Waals surface area contributed by atoms with Gasteiger partial charge in [-0.1, -0.05) is 5.16 Å². The zero-order valence-electron chi connectivity index (χ0n) is 13.7. The van der Waals surface area contributed by atoms with Crippen molar-refractivity contribution >= 4 is 11.8 Å². The van der Waals surface area contributed by atoms with Crippen LogP contribution in [0, 0.1) is 18.7 Å². The number of likely N-dealkylation sites (tertiary alicyclic amines) is 1. The lowest BCUT2D eigenvalue weighted by molar-refractivity contribution is -0.129. The van der Waals surface area contributed by atoms with Gasteiger partial charge in [-0.15, -0.1) is 0 Å². The minimum atomic E-state index is -0.328. The molecule has 2 amide bonds. The van der Waals surface area contributed by atoms with Crippen molar-refractivity contribution in [2.75, 3.05) is 26.2 Å². The first kappa shape index (κ1) is 16.9. The second kappa shape index (κ2) is 7.33. The van der Waals surface area contributed by atoms with Crippen LogP contribution in [0.25, 0.3) is 0 Å². The molecule has 0 saturated carbocycles. The molecule has 2 heterocycles. The van der Waals surface area contributed by atoms with Gasteiger partial charge in [-0.2, -0.15) is 0 Å². The molecule has 1 aromatic heterocycles. The summed E-state index contributed by atoms with van der Waals surface area (Å²) < 4.78 is 23.0. The molecule has 1 saturated heterocycles. The Balaban J connectivity index is 1.35. The third-order valence-electron chi connectivity index (χ3n) is 3.87. The van der Waals surface area contributed by atoms with Gasteiger partial charge in [-0.3, -0.25) is 9.59 Å². The number of nitrogens with one attached hydrogen (secondary N) is 1. The van der Waals surface area contributed by atoms with E-state index in [1.54, 1.807) is 17.9 Å². The van der Waals surface area contributed by atoms with E-state index in [4.69, 9.17) is 9.26 Å². The number of halogens is 1. The van der Waals surface area contributed by atoms with Crippen LogP contribution in [0.4, 0.5) is 4.39 Å². The molecule has 0 aliphatic carbocycles. The molecule has 0 atom stereocenters. The molecule has 0 spiro atoms. The molecule has 2 aromatic rings. The average molecular weight is 347 g/mol. The Labute approximate surface area is 143 Å². The van der Waals surface area contributed by atoms with E-state index in [0.717, 1.165) is 0 Å². The van der Waals surface area contributed by atoms with E-state index >= 15 is 0 Å². The third-order valence-corrected chi connectivity index (χ3v) is 3.87. The third kappa shape index (κ3) is 4.14. The number of carbonyl (C=O) groups excluding carboxylic acids is 2. The van der Waals surface area contributed by atoms with Gasteiger partial charge < -0.3 is 19.5 Å². The van der Waals surface area contributed by atoms with Crippen molar-refractivity contribution in [2.24, 2.45) is 5.92 Å². The van der Waals surface area contributed by atoms with Gasteiger partial charge in [-0.25, -0.2) is 4.39 Å². The van der Waals surface area contributed by atoms with Crippen LogP contribution in [-0.2, 0) is 4.79 Å². The Morgan fingerprint density at radius 3 is 2.72 bits per heavy atom. The molecule has 132 valence electrons. The standard InChI is InChI=1S/C17H18FN3O4/c1-11-8-15(20-25-11)17(23)21-9-12(10-21)16(22)19-6-7-24-14-4-2-13(18)3-5-14/h2-5,8,12H,6-7,9-10H2,1H3,(H,19,22). The van der Waals surface area contributed by atoms with Crippen LogP contribution in [0.1, 0.15) is 16.2 Å². The number of nitrogens with zero attached hydrogens (tertiary/aromatic N) is 2. The predicted molar refractivity (Wildman–Crippen MR) is 85.5 cm³/mol. The van der Waals surface area contributed by atoms with E-state index in [0.29, 0.717) is 31.1 Å². The van der Waals surface area contributed by atoms with Gasteiger partial charge in [0.05, 0.1) is 12.5 Å². The number of carbonyl (C=O) groups is 2. The second-order valence-corrected chi connectivity index (χ2v) is 5.82. The maximum Gasteiger partial charge on any atom is 0.276 e. The number of hydrogen-bond donors (Lipinski definition) is 1. The Morgan fingerprint density at radius 1 is 1.36 bits per heavy atom. The predicted octanol–water partition coefficient (Wildman–Crippen LogP) is 1.39. The van der Waals surface area contributed by atoms with Crippen molar-refractivity contribution in [1.29, 1.82) is 0 Å². The van der Waals surface area contributed by atoms with E-state index in [1.165, 1.54) is 24.3 Å². The minimum Gasteiger partial charge on any atom is -0.492 e. The molecular weight excluding hydrogens is 329 g/mol. The van der Waals surface area contributed by atoms with Crippen LogP contribution < -0.4 is 10.1 Å². The first-order valence-corrected chi connectivity index (χ1v) is 7.91. The van der Waals surface area contributed by atoms with E-state index in [1.807, 2.05) is 0 Å². The quantitative estimate of drug-likeness (QED) is 0.798. The van der Waals surface area contributed by atoms with Gasteiger partial charge in [0.1, 0.15) is 23.9 Å². The number of hydrogen-bond acceptors (Lipinski definition) is 5.